The van der Waals surface area contributed by atoms with Gasteiger partial charge in [0.05, 0.1) is 0 Å². The average molecular weight is 244 g/mol. The van der Waals surface area contributed by atoms with Crippen LogP contribution in [0.15, 0.2) is 18.2 Å². The normalized spacial score (nSPS) is 12.3. The first-order valence-corrected chi connectivity index (χ1v) is 7.29. The summed E-state index contributed by atoms with van der Waals surface area (Å²) in [5, 5.41) is 0.314. The van der Waals surface area contributed by atoms with E-state index in [9.17, 15) is 0 Å². The molecular weight excluding hydrogens is 215 g/mol. The molecule has 1 heteroatoms. The largest absolute Gasteiger partial charge is 0.179 e. The molecule has 100 valence electrons. The predicted molar refractivity (Wildman–Crippen MR) is 85.6 cm³/mol. The zero-order valence-electron chi connectivity index (χ0n) is 13.5. The van der Waals surface area contributed by atoms with Crippen LogP contribution in [0.5, 0.6) is 0 Å². The van der Waals surface area contributed by atoms with E-state index >= 15 is 0 Å². The molecule has 18 heavy (non-hydrogen) atoms. The maximum atomic E-state index is 2.38. The maximum absolute atomic E-state index is 2.38. The Morgan fingerprint density at radius 3 is 1.56 bits per heavy atom. The minimum atomic E-state index is 0.314. The van der Waals surface area contributed by atoms with Crippen LogP contribution in [0.3, 0.4) is 0 Å². The number of hydrogen-bond acceptors (Lipinski definition) is 0. The van der Waals surface area contributed by atoms with Crippen molar-refractivity contribution in [1.82, 2.24) is 0 Å². The van der Waals surface area contributed by atoms with Gasteiger partial charge in [0.25, 0.3) is 0 Å². The molecule has 0 aromatic heterocycles. The van der Waals surface area contributed by atoms with Crippen molar-refractivity contribution >= 4 is 12.2 Å². The second kappa shape index (κ2) is 5.51. The van der Waals surface area contributed by atoms with Crippen molar-refractivity contribution in [2.24, 2.45) is 0 Å². The van der Waals surface area contributed by atoms with Crippen LogP contribution < -0.4 is 5.46 Å². The molecule has 0 aliphatic rings. The summed E-state index contributed by atoms with van der Waals surface area (Å²) < 4.78 is 0. The Bertz CT molecular complexity index is 370. The van der Waals surface area contributed by atoms with E-state index < -0.39 is 0 Å². The highest BCUT2D eigenvalue weighted by Crippen LogP contribution is 2.30. The van der Waals surface area contributed by atoms with Crippen LogP contribution in [0.1, 0.15) is 71.4 Å². The molecule has 0 aliphatic heterocycles. The van der Waals surface area contributed by atoms with Crippen LogP contribution in [0, 0.1) is 0 Å². The van der Waals surface area contributed by atoms with Gasteiger partial charge in [-0.2, -0.15) is 0 Å². The molecule has 1 aromatic carbocycles. The van der Waals surface area contributed by atoms with E-state index in [1.54, 1.807) is 5.46 Å². The van der Waals surface area contributed by atoms with Crippen LogP contribution in [0.25, 0.3) is 0 Å². The molecule has 0 spiro atoms. The van der Waals surface area contributed by atoms with Crippen molar-refractivity contribution in [1.29, 1.82) is 0 Å². The van der Waals surface area contributed by atoms with Crippen molar-refractivity contribution in [2.45, 2.75) is 72.4 Å². The predicted octanol–water partition coefficient (Wildman–Crippen LogP) is 5.07. The van der Waals surface area contributed by atoms with Gasteiger partial charge in [0, 0.05) is 0 Å². The van der Waals surface area contributed by atoms with Gasteiger partial charge < -0.3 is 0 Å². The molecule has 0 unspecified atom stereocenters. The minimum Gasteiger partial charge on any atom is -0.0812 e. The Labute approximate surface area is 114 Å². The Kier molecular flexibility index (Phi) is 4.69. The molecule has 0 amide bonds. The van der Waals surface area contributed by atoms with Gasteiger partial charge in [-0.3, -0.25) is 0 Å². The van der Waals surface area contributed by atoms with E-state index in [1.807, 2.05) is 0 Å². The monoisotopic (exact) mass is 244 g/mol. The van der Waals surface area contributed by atoms with E-state index in [0.29, 0.717) is 23.9 Å². The molecule has 0 bridgehead atoms. The van der Waals surface area contributed by atoms with Gasteiger partial charge in [-0.05, 0) is 11.8 Å². The molecule has 0 radical (unpaired) electrons. The van der Waals surface area contributed by atoms with Crippen molar-refractivity contribution < 1.29 is 0 Å². The summed E-state index contributed by atoms with van der Waals surface area (Å²) in [6.07, 6.45) is 0. The molecule has 0 nitrogen and oxygen atoms in total. The van der Waals surface area contributed by atoms with Crippen molar-refractivity contribution in [3.8, 4) is 0 Å². The lowest BCUT2D eigenvalue weighted by Crippen LogP contribution is -2.41. The fourth-order valence-corrected chi connectivity index (χ4v) is 2.54. The maximum Gasteiger partial charge on any atom is 0.179 e. The number of hydrogen-bond donors (Lipinski definition) is 0. The van der Waals surface area contributed by atoms with E-state index in [1.165, 1.54) is 11.1 Å². The first kappa shape index (κ1) is 15.3. The first-order chi connectivity index (χ1) is 8.16. The molecule has 0 N–H and O–H groups in total. The molecule has 0 fully saturated rings. The summed E-state index contributed by atoms with van der Waals surface area (Å²) in [6.45, 7) is 19.2. The Morgan fingerprint density at radius 1 is 0.889 bits per heavy atom. The van der Waals surface area contributed by atoms with Gasteiger partial charge in [0.2, 0.25) is 0 Å². The molecule has 0 aliphatic carbocycles. The molecule has 0 heterocycles. The van der Waals surface area contributed by atoms with E-state index in [4.69, 9.17) is 0 Å². The SMILES string of the molecule is CB(c1c(C(C)C)cccc1C(C)C)C(C)(C)C. The fraction of sp³-hybridized carbons (Fsp3) is 0.647. The molecule has 0 atom stereocenters. The Balaban J connectivity index is 3.45. The van der Waals surface area contributed by atoms with E-state index in [-0.39, 0.29) is 0 Å². The van der Waals surface area contributed by atoms with Crippen LogP contribution in [-0.2, 0) is 0 Å². The Hall–Kier alpha value is -0.715. The standard InChI is InChI=1S/C17H29B/c1-12(2)14-10-9-11-15(13(3)4)16(14)18(8)17(5,6)7/h9-13H,1-8H3. The van der Waals surface area contributed by atoms with Crippen molar-refractivity contribution in [3.05, 3.63) is 29.3 Å². The van der Waals surface area contributed by atoms with Crippen LogP contribution in [0.2, 0.25) is 12.1 Å². The van der Waals surface area contributed by atoms with Gasteiger partial charge in [0.15, 0.2) is 6.71 Å². The summed E-state index contributed by atoms with van der Waals surface area (Å²) in [5.41, 5.74) is 4.65. The molecule has 0 saturated carbocycles. The summed E-state index contributed by atoms with van der Waals surface area (Å²) in [5.74, 6) is 1.20. The quantitative estimate of drug-likeness (QED) is 0.651. The summed E-state index contributed by atoms with van der Waals surface area (Å²) in [6, 6.07) is 6.85. The number of rotatable bonds is 3. The number of benzene rings is 1. The first-order valence-electron chi connectivity index (χ1n) is 7.29. The van der Waals surface area contributed by atoms with Gasteiger partial charge in [-0.15, -0.1) is 0 Å². The third-order valence-electron chi connectivity index (χ3n) is 4.15. The lowest BCUT2D eigenvalue weighted by atomic mass is 9.31. The van der Waals surface area contributed by atoms with E-state index in [2.05, 4.69) is 73.5 Å². The van der Waals surface area contributed by atoms with Crippen molar-refractivity contribution in [2.75, 3.05) is 0 Å². The van der Waals surface area contributed by atoms with Gasteiger partial charge in [-0.1, -0.05) is 95.4 Å². The zero-order valence-corrected chi connectivity index (χ0v) is 13.5. The van der Waals surface area contributed by atoms with Gasteiger partial charge >= 0.3 is 0 Å². The lowest BCUT2D eigenvalue weighted by molar-refractivity contribution is 0.742. The highest BCUT2D eigenvalue weighted by Gasteiger charge is 2.30. The molecule has 1 rings (SSSR count). The topological polar surface area (TPSA) is 0 Å². The molecule has 1 aromatic rings. The fourth-order valence-electron chi connectivity index (χ4n) is 2.54. The average Bonchev–Trinajstić information content (AvgIpc) is 2.25. The van der Waals surface area contributed by atoms with Crippen LogP contribution in [0.4, 0.5) is 0 Å². The lowest BCUT2D eigenvalue weighted by Gasteiger charge is -2.31. The van der Waals surface area contributed by atoms with Gasteiger partial charge in [0.1, 0.15) is 0 Å². The molecule has 0 saturated heterocycles. The molecular formula is C17H29B. The third-order valence-corrected chi connectivity index (χ3v) is 4.15. The van der Waals surface area contributed by atoms with Crippen molar-refractivity contribution in [3.63, 3.8) is 0 Å². The zero-order chi connectivity index (χ0) is 14.1. The second-order valence-corrected chi connectivity index (χ2v) is 7.25. The second-order valence-electron chi connectivity index (χ2n) is 7.25. The van der Waals surface area contributed by atoms with Crippen LogP contribution >= 0.6 is 0 Å². The summed E-state index contributed by atoms with van der Waals surface area (Å²) in [4.78, 5) is 0. The highest BCUT2D eigenvalue weighted by molar-refractivity contribution is 6.75. The Morgan fingerprint density at radius 2 is 1.28 bits per heavy atom. The van der Waals surface area contributed by atoms with Gasteiger partial charge in [-0.25, -0.2) is 0 Å². The van der Waals surface area contributed by atoms with E-state index in [0.717, 1.165) is 0 Å². The highest BCUT2D eigenvalue weighted by atomic mass is 14.2. The third kappa shape index (κ3) is 3.19. The summed E-state index contributed by atoms with van der Waals surface area (Å²) in [7, 11) is 0. The minimum absolute atomic E-state index is 0.314. The van der Waals surface area contributed by atoms with Crippen LogP contribution in [-0.4, -0.2) is 6.71 Å². The summed E-state index contributed by atoms with van der Waals surface area (Å²) >= 11 is 0. The smallest absolute Gasteiger partial charge is 0.0812 e.